The Kier molecular flexibility index (Phi) is 5.86. The summed E-state index contributed by atoms with van der Waals surface area (Å²) in [6.07, 6.45) is 5.61. The summed E-state index contributed by atoms with van der Waals surface area (Å²) in [6, 6.07) is 12.7. The minimum atomic E-state index is 0.0322. The summed E-state index contributed by atoms with van der Waals surface area (Å²) in [6.45, 7) is 10.6. The SMILES string of the molecule is Cc1cc(C2C(c3ccccn3)NC(=S)N2CC(C)C)c(C)n1Cc1cccnc1. The van der Waals surface area contributed by atoms with Crippen LogP contribution in [0.5, 0.6) is 0 Å². The first-order valence-corrected chi connectivity index (χ1v) is 10.9. The minimum Gasteiger partial charge on any atom is -0.352 e. The van der Waals surface area contributed by atoms with E-state index in [-0.39, 0.29) is 12.1 Å². The molecular formula is C24H29N5S. The van der Waals surface area contributed by atoms with Gasteiger partial charge in [-0.2, -0.15) is 0 Å². The molecule has 4 heterocycles. The van der Waals surface area contributed by atoms with Crippen LogP contribution in [-0.2, 0) is 6.54 Å². The third-order valence-electron chi connectivity index (χ3n) is 5.75. The maximum Gasteiger partial charge on any atom is 0.170 e. The Bertz CT molecular complexity index is 1010. The van der Waals surface area contributed by atoms with Crippen LogP contribution < -0.4 is 5.32 Å². The number of hydrogen-bond acceptors (Lipinski definition) is 3. The number of pyridine rings is 2. The molecule has 3 aromatic rings. The summed E-state index contributed by atoms with van der Waals surface area (Å²) in [4.78, 5) is 11.3. The van der Waals surface area contributed by atoms with Gasteiger partial charge in [0.2, 0.25) is 0 Å². The molecule has 0 aromatic carbocycles. The molecule has 2 atom stereocenters. The lowest BCUT2D eigenvalue weighted by Gasteiger charge is -2.29. The van der Waals surface area contributed by atoms with Gasteiger partial charge in [-0.1, -0.05) is 26.0 Å². The number of hydrogen-bond donors (Lipinski definition) is 1. The average molecular weight is 420 g/mol. The first-order chi connectivity index (χ1) is 14.5. The molecule has 2 unspecified atom stereocenters. The van der Waals surface area contributed by atoms with Crippen molar-refractivity contribution < 1.29 is 0 Å². The molecule has 4 rings (SSSR count). The van der Waals surface area contributed by atoms with Gasteiger partial charge in [0.1, 0.15) is 0 Å². The molecule has 1 aliphatic rings. The Morgan fingerprint density at radius 2 is 1.97 bits per heavy atom. The van der Waals surface area contributed by atoms with Crippen LogP contribution in [0.3, 0.4) is 0 Å². The monoisotopic (exact) mass is 419 g/mol. The lowest BCUT2D eigenvalue weighted by Crippen LogP contribution is -2.33. The Balaban J connectivity index is 1.76. The largest absolute Gasteiger partial charge is 0.352 e. The smallest absolute Gasteiger partial charge is 0.170 e. The Morgan fingerprint density at radius 1 is 1.13 bits per heavy atom. The van der Waals surface area contributed by atoms with Crippen molar-refractivity contribution in [1.29, 1.82) is 0 Å². The molecule has 0 amide bonds. The van der Waals surface area contributed by atoms with Crippen molar-refractivity contribution >= 4 is 17.3 Å². The van der Waals surface area contributed by atoms with E-state index in [1.807, 2.05) is 36.8 Å². The quantitative estimate of drug-likeness (QED) is 0.593. The van der Waals surface area contributed by atoms with Gasteiger partial charge in [0, 0.05) is 43.1 Å². The van der Waals surface area contributed by atoms with Crippen LogP contribution in [0.2, 0.25) is 0 Å². The van der Waals surface area contributed by atoms with Crippen molar-refractivity contribution in [3.63, 3.8) is 0 Å². The highest BCUT2D eigenvalue weighted by Gasteiger charge is 2.41. The highest BCUT2D eigenvalue weighted by Crippen LogP contribution is 2.41. The molecule has 1 fully saturated rings. The highest BCUT2D eigenvalue weighted by atomic mass is 32.1. The van der Waals surface area contributed by atoms with Gasteiger partial charge < -0.3 is 14.8 Å². The zero-order valence-corrected chi connectivity index (χ0v) is 18.9. The highest BCUT2D eigenvalue weighted by molar-refractivity contribution is 7.80. The van der Waals surface area contributed by atoms with Gasteiger partial charge in [0.15, 0.2) is 5.11 Å². The molecule has 3 aromatic heterocycles. The average Bonchev–Trinajstić information content (AvgIpc) is 3.20. The number of thiocarbonyl (C=S) groups is 1. The summed E-state index contributed by atoms with van der Waals surface area (Å²) in [7, 11) is 0. The first kappa shape index (κ1) is 20.5. The van der Waals surface area contributed by atoms with Crippen molar-refractivity contribution in [3.8, 4) is 0 Å². The molecule has 0 spiro atoms. The van der Waals surface area contributed by atoms with E-state index in [1.165, 1.54) is 22.5 Å². The maximum absolute atomic E-state index is 5.77. The van der Waals surface area contributed by atoms with Gasteiger partial charge in [0.25, 0.3) is 0 Å². The van der Waals surface area contributed by atoms with Gasteiger partial charge in [-0.3, -0.25) is 9.97 Å². The Hall–Kier alpha value is -2.73. The summed E-state index contributed by atoms with van der Waals surface area (Å²) < 4.78 is 2.37. The lowest BCUT2D eigenvalue weighted by molar-refractivity contribution is 0.286. The Labute approximate surface area is 184 Å². The number of aryl methyl sites for hydroxylation is 1. The third kappa shape index (κ3) is 3.97. The number of aromatic nitrogens is 3. The van der Waals surface area contributed by atoms with Crippen LogP contribution in [-0.4, -0.2) is 31.1 Å². The normalized spacial score (nSPS) is 18.8. The molecule has 30 heavy (non-hydrogen) atoms. The molecule has 0 radical (unpaired) electrons. The standard InChI is InChI=1S/C24H29N5S/c1-16(2)14-29-23(22(27-24(29)30)21-9-5-6-11-26-21)20-12-17(3)28(18(20)4)15-19-8-7-10-25-13-19/h5-13,16,22-23H,14-15H2,1-4H3,(H,27,30). The van der Waals surface area contributed by atoms with Crippen LogP contribution >= 0.6 is 12.2 Å². The third-order valence-corrected chi connectivity index (χ3v) is 6.11. The molecule has 0 aliphatic carbocycles. The van der Waals surface area contributed by atoms with E-state index in [1.54, 1.807) is 0 Å². The Morgan fingerprint density at radius 3 is 2.63 bits per heavy atom. The van der Waals surface area contributed by atoms with Gasteiger partial charge in [-0.25, -0.2) is 0 Å². The summed E-state index contributed by atoms with van der Waals surface area (Å²) >= 11 is 5.77. The van der Waals surface area contributed by atoms with E-state index in [4.69, 9.17) is 12.2 Å². The predicted molar refractivity (Wildman–Crippen MR) is 124 cm³/mol. The topological polar surface area (TPSA) is 46.0 Å². The van der Waals surface area contributed by atoms with Crippen molar-refractivity contribution in [2.45, 2.75) is 46.3 Å². The van der Waals surface area contributed by atoms with E-state index < -0.39 is 0 Å². The van der Waals surface area contributed by atoms with E-state index in [9.17, 15) is 0 Å². The fourth-order valence-corrected chi connectivity index (χ4v) is 4.69. The second-order valence-corrected chi connectivity index (χ2v) is 8.83. The molecule has 1 N–H and O–H groups in total. The molecule has 156 valence electrons. The van der Waals surface area contributed by atoms with Crippen molar-refractivity contribution in [2.75, 3.05) is 6.54 Å². The second-order valence-electron chi connectivity index (χ2n) is 8.45. The molecule has 6 heteroatoms. The zero-order chi connectivity index (χ0) is 21.3. The number of rotatable bonds is 6. The lowest BCUT2D eigenvalue weighted by atomic mass is 9.96. The second kappa shape index (κ2) is 8.56. The molecule has 0 bridgehead atoms. The zero-order valence-electron chi connectivity index (χ0n) is 18.0. The number of nitrogens with one attached hydrogen (secondary N) is 1. The molecule has 1 saturated heterocycles. The van der Waals surface area contributed by atoms with Crippen molar-refractivity contribution in [3.05, 3.63) is 83.2 Å². The predicted octanol–water partition coefficient (Wildman–Crippen LogP) is 4.57. The van der Waals surface area contributed by atoms with E-state index in [2.05, 4.69) is 70.6 Å². The fraction of sp³-hybridized carbons (Fsp3) is 0.375. The maximum atomic E-state index is 5.77. The van der Waals surface area contributed by atoms with Crippen molar-refractivity contribution in [1.82, 2.24) is 24.8 Å². The van der Waals surface area contributed by atoms with E-state index in [0.29, 0.717) is 5.92 Å². The van der Waals surface area contributed by atoms with Gasteiger partial charge in [-0.15, -0.1) is 0 Å². The summed E-state index contributed by atoms with van der Waals surface area (Å²) in [5.41, 5.74) is 6.04. The van der Waals surface area contributed by atoms with Crippen LogP contribution in [0.15, 0.2) is 55.0 Å². The van der Waals surface area contributed by atoms with Crippen LogP contribution in [0.25, 0.3) is 0 Å². The molecule has 0 saturated carbocycles. The fourth-order valence-electron chi connectivity index (χ4n) is 4.38. The molecular weight excluding hydrogens is 390 g/mol. The van der Waals surface area contributed by atoms with Gasteiger partial charge in [-0.05, 0) is 67.4 Å². The summed E-state index contributed by atoms with van der Waals surface area (Å²) in [5, 5.41) is 4.36. The van der Waals surface area contributed by atoms with Crippen LogP contribution in [0, 0.1) is 19.8 Å². The van der Waals surface area contributed by atoms with Crippen LogP contribution in [0.4, 0.5) is 0 Å². The minimum absolute atomic E-state index is 0.0322. The first-order valence-electron chi connectivity index (χ1n) is 10.5. The summed E-state index contributed by atoms with van der Waals surface area (Å²) in [5.74, 6) is 0.508. The number of nitrogens with zero attached hydrogens (tertiary/aromatic N) is 4. The van der Waals surface area contributed by atoms with E-state index >= 15 is 0 Å². The van der Waals surface area contributed by atoms with Gasteiger partial charge in [0.05, 0.1) is 17.8 Å². The van der Waals surface area contributed by atoms with Crippen LogP contribution in [0.1, 0.15) is 54.1 Å². The van der Waals surface area contributed by atoms with Crippen molar-refractivity contribution in [2.24, 2.45) is 5.92 Å². The molecule has 5 nitrogen and oxygen atoms in total. The molecule has 1 aliphatic heterocycles. The van der Waals surface area contributed by atoms with Gasteiger partial charge >= 0.3 is 0 Å². The van der Waals surface area contributed by atoms with E-state index in [0.717, 1.165) is 23.9 Å².